The van der Waals surface area contributed by atoms with Crippen molar-refractivity contribution in [1.82, 2.24) is 14.6 Å². The maximum atomic E-state index is 9.78. The number of aliphatic hydroxyl groups is 1. The third kappa shape index (κ3) is 4.32. The Balaban J connectivity index is 1.77. The molecular formula is C20H32N4O. The van der Waals surface area contributed by atoms with Gasteiger partial charge in [-0.2, -0.15) is 0 Å². The Morgan fingerprint density at radius 1 is 1.28 bits per heavy atom. The molecule has 0 saturated heterocycles. The lowest BCUT2D eigenvalue weighted by Crippen LogP contribution is -2.20. The van der Waals surface area contributed by atoms with Crippen LogP contribution in [0.1, 0.15) is 82.4 Å². The Morgan fingerprint density at radius 2 is 2.04 bits per heavy atom. The molecule has 0 aromatic carbocycles. The van der Waals surface area contributed by atoms with Crippen LogP contribution in [0.2, 0.25) is 0 Å². The fraction of sp³-hybridized carbons (Fsp3) is 0.700. The van der Waals surface area contributed by atoms with Gasteiger partial charge in [0, 0.05) is 17.7 Å². The number of anilines is 1. The maximum absolute atomic E-state index is 9.78. The normalized spacial score (nSPS) is 22.2. The fourth-order valence-electron chi connectivity index (χ4n) is 3.90. The molecule has 1 aliphatic carbocycles. The molecule has 3 rings (SSSR count). The van der Waals surface area contributed by atoms with Crippen molar-refractivity contribution in [2.45, 2.75) is 90.2 Å². The summed E-state index contributed by atoms with van der Waals surface area (Å²) in [7, 11) is 0. The van der Waals surface area contributed by atoms with Crippen LogP contribution in [0.5, 0.6) is 0 Å². The minimum atomic E-state index is -0.126. The lowest BCUT2D eigenvalue weighted by molar-refractivity contribution is 0.121. The third-order valence-electron chi connectivity index (χ3n) is 5.48. The highest BCUT2D eigenvalue weighted by molar-refractivity contribution is 5.56. The first-order chi connectivity index (χ1) is 12.1. The molecule has 0 bridgehead atoms. The van der Waals surface area contributed by atoms with Gasteiger partial charge in [-0.25, -0.2) is 9.50 Å². The molecule has 1 fully saturated rings. The Bertz CT molecular complexity index is 688. The second kappa shape index (κ2) is 8.17. The average Bonchev–Trinajstić information content (AvgIpc) is 2.92. The summed E-state index contributed by atoms with van der Waals surface area (Å²) in [6.45, 7) is 6.56. The topological polar surface area (TPSA) is 62.5 Å². The zero-order valence-electron chi connectivity index (χ0n) is 15.8. The highest BCUT2D eigenvalue weighted by atomic mass is 16.3. The van der Waals surface area contributed by atoms with Crippen LogP contribution in [0.25, 0.3) is 5.52 Å². The van der Waals surface area contributed by atoms with Gasteiger partial charge < -0.3 is 10.4 Å². The van der Waals surface area contributed by atoms with E-state index in [0.29, 0.717) is 17.9 Å². The number of nitrogens with zero attached hydrogens (tertiary/aromatic N) is 3. The largest absolute Gasteiger partial charge is 0.393 e. The molecule has 2 aromatic rings. The summed E-state index contributed by atoms with van der Waals surface area (Å²) >= 11 is 0. The van der Waals surface area contributed by atoms with E-state index >= 15 is 0 Å². The van der Waals surface area contributed by atoms with Gasteiger partial charge >= 0.3 is 0 Å². The van der Waals surface area contributed by atoms with Gasteiger partial charge in [-0.15, -0.1) is 5.10 Å². The number of aryl methyl sites for hydroxylation is 1. The quantitative estimate of drug-likeness (QED) is 0.729. The molecule has 0 aliphatic heterocycles. The van der Waals surface area contributed by atoms with Gasteiger partial charge in [0.2, 0.25) is 5.95 Å². The van der Waals surface area contributed by atoms with E-state index in [1.165, 1.54) is 30.5 Å². The first-order valence-electron chi connectivity index (χ1n) is 9.88. The molecule has 1 saturated carbocycles. The van der Waals surface area contributed by atoms with Crippen LogP contribution in [0.3, 0.4) is 0 Å². The summed E-state index contributed by atoms with van der Waals surface area (Å²) < 4.78 is 2.08. The van der Waals surface area contributed by atoms with E-state index in [1.807, 2.05) is 6.20 Å². The van der Waals surface area contributed by atoms with Gasteiger partial charge in [0.1, 0.15) is 0 Å². The molecule has 25 heavy (non-hydrogen) atoms. The Kier molecular flexibility index (Phi) is 5.94. The molecule has 1 atom stereocenters. The monoisotopic (exact) mass is 344 g/mol. The maximum Gasteiger partial charge on any atom is 0.241 e. The summed E-state index contributed by atoms with van der Waals surface area (Å²) in [6.07, 6.45) is 10.6. The van der Waals surface area contributed by atoms with Gasteiger partial charge in [0.25, 0.3) is 0 Å². The SMILES string of the molecule is CCCCC[C@H](C)Nc1ncc2c(C)cc([C@H]3CC[C@H](O)CC3)n2n1. The van der Waals surface area contributed by atoms with Crippen LogP contribution in [-0.2, 0) is 0 Å². The smallest absolute Gasteiger partial charge is 0.241 e. The summed E-state index contributed by atoms with van der Waals surface area (Å²) in [4.78, 5) is 4.52. The van der Waals surface area contributed by atoms with Gasteiger partial charge in [0.15, 0.2) is 0 Å². The van der Waals surface area contributed by atoms with Crippen LogP contribution >= 0.6 is 0 Å². The minimum Gasteiger partial charge on any atom is -0.393 e. The van der Waals surface area contributed by atoms with E-state index in [4.69, 9.17) is 5.10 Å². The highest BCUT2D eigenvalue weighted by Gasteiger charge is 2.24. The molecule has 0 unspecified atom stereocenters. The number of hydrogen-bond acceptors (Lipinski definition) is 4. The number of aromatic nitrogens is 3. The van der Waals surface area contributed by atoms with Crippen LogP contribution in [0.15, 0.2) is 12.3 Å². The van der Waals surface area contributed by atoms with E-state index in [-0.39, 0.29) is 6.10 Å². The molecule has 2 N–H and O–H groups in total. The van der Waals surface area contributed by atoms with Gasteiger partial charge in [0.05, 0.1) is 17.8 Å². The van der Waals surface area contributed by atoms with Crippen molar-refractivity contribution in [2.75, 3.05) is 5.32 Å². The lowest BCUT2D eigenvalue weighted by atomic mass is 9.85. The van der Waals surface area contributed by atoms with E-state index in [9.17, 15) is 5.11 Å². The van der Waals surface area contributed by atoms with Gasteiger partial charge in [-0.3, -0.25) is 0 Å². The van der Waals surface area contributed by atoms with Gasteiger partial charge in [-0.1, -0.05) is 26.2 Å². The Labute approximate surface area is 150 Å². The van der Waals surface area contributed by atoms with Crippen molar-refractivity contribution < 1.29 is 5.11 Å². The molecule has 0 radical (unpaired) electrons. The van der Waals surface area contributed by atoms with Crippen molar-refractivity contribution in [3.63, 3.8) is 0 Å². The molecule has 0 amide bonds. The molecule has 2 heterocycles. The van der Waals surface area contributed by atoms with Crippen molar-refractivity contribution in [1.29, 1.82) is 0 Å². The predicted molar refractivity (Wildman–Crippen MR) is 102 cm³/mol. The van der Waals surface area contributed by atoms with Crippen molar-refractivity contribution in [3.05, 3.63) is 23.5 Å². The lowest BCUT2D eigenvalue weighted by Gasteiger charge is -2.25. The van der Waals surface area contributed by atoms with Crippen molar-refractivity contribution >= 4 is 11.5 Å². The molecule has 5 heteroatoms. The standard InChI is InChI=1S/C20H32N4O/c1-4-5-6-7-15(3)22-20-21-13-19-14(2)12-18(24(19)23-20)16-8-10-17(25)11-9-16/h12-13,15-17,25H,4-11H2,1-3H3,(H,22,23)/t15-,16-,17-/m0/s1. The first kappa shape index (κ1) is 18.2. The van der Waals surface area contributed by atoms with E-state index in [1.54, 1.807) is 0 Å². The Morgan fingerprint density at radius 3 is 2.76 bits per heavy atom. The number of nitrogens with one attached hydrogen (secondary N) is 1. The minimum absolute atomic E-state index is 0.126. The Hall–Kier alpha value is -1.62. The van der Waals surface area contributed by atoms with Crippen LogP contribution < -0.4 is 5.32 Å². The molecule has 1 aliphatic rings. The second-order valence-corrected chi connectivity index (χ2v) is 7.68. The molecule has 138 valence electrons. The summed E-state index contributed by atoms with van der Waals surface area (Å²) in [6, 6.07) is 2.63. The van der Waals surface area contributed by atoms with Gasteiger partial charge in [-0.05, 0) is 57.6 Å². The predicted octanol–water partition coefficient (Wildman–Crippen LogP) is 4.44. The summed E-state index contributed by atoms with van der Waals surface area (Å²) in [5, 5.41) is 18.0. The molecule has 5 nitrogen and oxygen atoms in total. The third-order valence-corrected chi connectivity index (χ3v) is 5.48. The average molecular weight is 345 g/mol. The van der Waals surface area contributed by atoms with Crippen LogP contribution in [0.4, 0.5) is 5.95 Å². The van der Waals surface area contributed by atoms with Crippen LogP contribution in [-0.4, -0.2) is 31.9 Å². The van der Waals surface area contributed by atoms with Crippen LogP contribution in [0, 0.1) is 6.92 Å². The number of unbranched alkanes of at least 4 members (excludes halogenated alkanes) is 2. The molecule has 0 spiro atoms. The zero-order chi connectivity index (χ0) is 17.8. The fourth-order valence-corrected chi connectivity index (χ4v) is 3.90. The number of hydrogen-bond donors (Lipinski definition) is 2. The van der Waals surface area contributed by atoms with Crippen molar-refractivity contribution in [3.8, 4) is 0 Å². The first-order valence-corrected chi connectivity index (χ1v) is 9.88. The second-order valence-electron chi connectivity index (χ2n) is 7.68. The van der Waals surface area contributed by atoms with E-state index in [0.717, 1.165) is 37.6 Å². The van der Waals surface area contributed by atoms with E-state index < -0.39 is 0 Å². The highest BCUT2D eigenvalue weighted by Crippen LogP contribution is 2.34. The number of fused-ring (bicyclic) bond motifs is 1. The summed E-state index contributed by atoms with van der Waals surface area (Å²) in [5.41, 5.74) is 3.58. The number of rotatable bonds is 7. The summed E-state index contributed by atoms with van der Waals surface area (Å²) in [5.74, 6) is 1.19. The van der Waals surface area contributed by atoms with E-state index in [2.05, 4.69) is 41.7 Å². The van der Waals surface area contributed by atoms with Crippen molar-refractivity contribution in [2.24, 2.45) is 0 Å². The zero-order valence-corrected chi connectivity index (χ0v) is 15.8. The number of aliphatic hydroxyl groups excluding tert-OH is 1. The molecule has 2 aromatic heterocycles. The molecular weight excluding hydrogens is 312 g/mol.